The molecule has 1 amide bonds. The second kappa shape index (κ2) is 14.6. The van der Waals surface area contributed by atoms with Crippen molar-refractivity contribution in [3.63, 3.8) is 0 Å². The number of alkyl halides is 5. The highest BCUT2D eigenvalue weighted by atomic mass is 32.2. The second-order valence-electron chi connectivity index (χ2n) is 16.0. The summed E-state index contributed by atoms with van der Waals surface area (Å²) in [6, 6.07) is 7.96. The Kier molecular flexibility index (Phi) is 10.2. The third kappa shape index (κ3) is 7.88. The van der Waals surface area contributed by atoms with Crippen LogP contribution in [0.5, 0.6) is 0 Å². The number of benzene rings is 2. The number of carbonyl (C=O) groups is 1. The Balaban J connectivity index is 1.30. The van der Waals surface area contributed by atoms with Crippen LogP contribution in [0.4, 0.5) is 41.7 Å². The van der Waals surface area contributed by atoms with E-state index in [2.05, 4.69) is 20.2 Å². The van der Waals surface area contributed by atoms with E-state index in [1.807, 2.05) is 4.90 Å². The fourth-order valence-electron chi connectivity index (χ4n) is 8.32. The molecule has 8 rings (SSSR count). The molecule has 61 heavy (non-hydrogen) atoms. The van der Waals surface area contributed by atoms with E-state index < -0.39 is 86.6 Å². The van der Waals surface area contributed by atoms with Gasteiger partial charge in [-0.15, -0.1) is 0 Å². The van der Waals surface area contributed by atoms with Crippen molar-refractivity contribution in [2.75, 3.05) is 29.0 Å². The molecule has 0 bridgehead atoms. The molecule has 1 aliphatic carbocycles. The van der Waals surface area contributed by atoms with Gasteiger partial charge in [0.05, 0.1) is 33.8 Å². The van der Waals surface area contributed by atoms with Gasteiger partial charge in [-0.25, -0.2) is 22.2 Å². The van der Waals surface area contributed by atoms with Gasteiger partial charge >= 0.3 is 6.18 Å². The maximum Gasteiger partial charge on any atom is 0.435 e. The van der Waals surface area contributed by atoms with Crippen LogP contribution in [-0.4, -0.2) is 73.9 Å². The Bertz CT molecular complexity index is 2840. The lowest BCUT2D eigenvalue weighted by Gasteiger charge is -2.23. The number of hydrogen-bond donors (Lipinski definition) is 3. The van der Waals surface area contributed by atoms with Crippen molar-refractivity contribution in [1.82, 2.24) is 34.8 Å². The Morgan fingerprint density at radius 3 is 2.41 bits per heavy atom. The number of nitrogens with zero attached hydrogens (tertiary/aromatic N) is 7. The van der Waals surface area contributed by atoms with Crippen LogP contribution in [0.15, 0.2) is 42.5 Å². The molecule has 4 aromatic heterocycles. The largest absolute Gasteiger partial charge is 0.435 e. The number of carbonyl (C=O) groups excluding carboxylic acids is 1. The number of anilines is 2. The predicted molar refractivity (Wildman–Crippen MR) is 213 cm³/mol. The molecule has 0 spiro atoms. The molecule has 324 valence electrons. The predicted octanol–water partition coefficient (Wildman–Crippen LogP) is 7.02. The summed E-state index contributed by atoms with van der Waals surface area (Å²) in [5.74, 6) is -9.53. The standard InChI is InChI=1S/C39H38F7N9O4S2/c1-18-19(2)38(42,43)33-29(18)32(39(44,45)46)50-55(33)16-28(56)47-26(13-20-11-21(40)14-22(41)12-20)30-25(15-27-35(48-30)49-36(60-27)54-10-9-37(3,57)17-54)23-7-6-8-24-31(23)53(4)51-34(24)52-61(5,58)59/h6-8,11-12,14-15,18-19,26,57H,9-10,13,16-17H2,1-5H3,(H,47,56)(H,51,52)/t18-,19+,26?,37?/m0/s1. The highest BCUT2D eigenvalue weighted by Gasteiger charge is 2.57. The molecule has 13 nitrogen and oxygen atoms in total. The van der Waals surface area contributed by atoms with Crippen LogP contribution in [0.3, 0.4) is 0 Å². The lowest BCUT2D eigenvalue weighted by atomic mass is 9.94. The highest BCUT2D eigenvalue weighted by molar-refractivity contribution is 7.92. The van der Waals surface area contributed by atoms with Crippen LogP contribution in [0.1, 0.15) is 67.4 Å². The van der Waals surface area contributed by atoms with Crippen molar-refractivity contribution in [3.05, 3.63) is 82.3 Å². The van der Waals surface area contributed by atoms with Gasteiger partial charge in [0.25, 0.3) is 5.92 Å². The van der Waals surface area contributed by atoms with Crippen LogP contribution >= 0.6 is 11.3 Å². The van der Waals surface area contributed by atoms with Crippen molar-refractivity contribution in [3.8, 4) is 11.1 Å². The fraction of sp³-hybridized carbons (Fsp3) is 0.410. The van der Waals surface area contributed by atoms with Crippen LogP contribution in [0.2, 0.25) is 0 Å². The summed E-state index contributed by atoms with van der Waals surface area (Å²) < 4.78 is 133. The lowest BCUT2D eigenvalue weighted by Crippen LogP contribution is -2.35. The van der Waals surface area contributed by atoms with E-state index >= 15 is 8.78 Å². The number of rotatable bonds is 10. The Morgan fingerprint density at radius 1 is 1.07 bits per heavy atom. The molecule has 0 radical (unpaired) electrons. The number of aliphatic hydroxyl groups is 1. The van der Waals surface area contributed by atoms with Gasteiger partial charge in [-0.2, -0.15) is 37.1 Å². The number of thiazole rings is 1. The number of nitrogens with one attached hydrogen (secondary N) is 2. The third-order valence-corrected chi connectivity index (χ3v) is 12.8. The second-order valence-corrected chi connectivity index (χ2v) is 18.8. The summed E-state index contributed by atoms with van der Waals surface area (Å²) in [5, 5.41) is 22.1. The van der Waals surface area contributed by atoms with Crippen molar-refractivity contribution in [2.24, 2.45) is 13.0 Å². The average molecular weight is 894 g/mol. The number of fused-ring (bicyclic) bond motifs is 3. The first-order valence-electron chi connectivity index (χ1n) is 18.9. The van der Waals surface area contributed by atoms with Crippen molar-refractivity contribution in [1.29, 1.82) is 0 Å². The quantitative estimate of drug-likeness (QED) is 0.123. The number of amides is 1. The SMILES string of the molecule is C[C@@H]1c2c(C(F)(F)F)nn(CC(=O)NC(Cc3cc(F)cc(F)c3)c3nc4nc(N5CCC(C)(O)C5)sc4cc3-c3cccc4c(NS(C)(=O)=O)nn(C)c34)c2C(F)(F)[C@@H]1C. The smallest absolute Gasteiger partial charge is 0.388 e. The van der Waals surface area contributed by atoms with E-state index in [1.165, 1.54) is 22.9 Å². The molecule has 2 unspecified atom stereocenters. The number of β-amino-alcohol motifs (C(OH)–C–C–N with tert-alkyl or cyclic N) is 1. The molecule has 1 saturated heterocycles. The maximum absolute atomic E-state index is 15.7. The van der Waals surface area contributed by atoms with Gasteiger partial charge in [-0.3, -0.25) is 18.9 Å². The van der Waals surface area contributed by atoms with Gasteiger partial charge in [0.1, 0.15) is 23.9 Å². The number of aromatic nitrogens is 6. The van der Waals surface area contributed by atoms with Crippen molar-refractivity contribution in [2.45, 2.75) is 69.8 Å². The minimum Gasteiger partial charge on any atom is -0.388 e. The molecule has 0 saturated carbocycles. The van der Waals surface area contributed by atoms with E-state index in [1.54, 1.807) is 38.2 Å². The number of hydrogen-bond acceptors (Lipinski definition) is 10. The first-order valence-corrected chi connectivity index (χ1v) is 21.6. The molecular weight excluding hydrogens is 856 g/mol. The topological polar surface area (TPSA) is 160 Å². The number of aryl methyl sites for hydroxylation is 1. The minimum absolute atomic E-state index is 0.00380. The zero-order valence-electron chi connectivity index (χ0n) is 33.1. The molecule has 2 aliphatic rings. The summed E-state index contributed by atoms with van der Waals surface area (Å²) in [5.41, 5.74) is -2.87. The number of pyridine rings is 1. The molecule has 4 atom stereocenters. The van der Waals surface area contributed by atoms with Gasteiger partial charge in [0.2, 0.25) is 15.9 Å². The first kappa shape index (κ1) is 42.3. The average Bonchev–Trinajstić information content (AvgIpc) is 3.94. The molecule has 6 aromatic rings. The molecule has 2 aromatic carbocycles. The lowest BCUT2D eigenvalue weighted by molar-refractivity contribution is -0.143. The molecule has 1 aliphatic heterocycles. The molecule has 1 fully saturated rings. The Hall–Kier alpha value is -5.35. The van der Waals surface area contributed by atoms with Gasteiger partial charge < -0.3 is 15.3 Å². The zero-order chi connectivity index (χ0) is 44.1. The van der Waals surface area contributed by atoms with Gasteiger partial charge in [0, 0.05) is 54.2 Å². The summed E-state index contributed by atoms with van der Waals surface area (Å²) in [7, 11) is -2.23. The summed E-state index contributed by atoms with van der Waals surface area (Å²) in [6.07, 6.45) is -4.06. The van der Waals surface area contributed by atoms with Crippen LogP contribution in [0.25, 0.3) is 32.4 Å². The number of sulfonamides is 1. The van der Waals surface area contributed by atoms with E-state index in [0.29, 0.717) is 55.6 Å². The molecule has 3 N–H and O–H groups in total. The normalized spacial score (nSPS) is 20.8. The monoisotopic (exact) mass is 893 g/mol. The summed E-state index contributed by atoms with van der Waals surface area (Å²) in [4.78, 5) is 25.6. The Labute approximate surface area is 347 Å². The Morgan fingerprint density at radius 2 is 1.77 bits per heavy atom. The van der Waals surface area contributed by atoms with E-state index in [9.17, 15) is 40.3 Å². The van der Waals surface area contributed by atoms with E-state index in [0.717, 1.165) is 25.3 Å². The highest BCUT2D eigenvalue weighted by Crippen LogP contribution is 2.55. The zero-order valence-corrected chi connectivity index (χ0v) is 34.7. The van der Waals surface area contributed by atoms with Gasteiger partial charge in [-0.1, -0.05) is 37.3 Å². The van der Waals surface area contributed by atoms with Crippen LogP contribution in [0, 0.1) is 17.6 Å². The van der Waals surface area contributed by atoms with Crippen molar-refractivity contribution >= 4 is 59.5 Å². The maximum atomic E-state index is 15.7. The van der Waals surface area contributed by atoms with Crippen LogP contribution < -0.4 is 14.9 Å². The minimum atomic E-state index is -5.11. The number of para-hydroxylation sites is 1. The fourth-order valence-corrected chi connectivity index (χ4v) is 9.79. The first-order chi connectivity index (χ1) is 28.4. The number of halogens is 7. The van der Waals surface area contributed by atoms with Crippen molar-refractivity contribution < 1.29 is 49.1 Å². The van der Waals surface area contributed by atoms with Gasteiger partial charge in [-0.05, 0) is 55.5 Å². The van der Waals surface area contributed by atoms with Gasteiger partial charge in [0.15, 0.2) is 22.3 Å². The molecular formula is C39H38F7N9O4S2. The van der Waals surface area contributed by atoms with E-state index in [4.69, 9.17) is 9.97 Å². The van der Waals surface area contributed by atoms with E-state index in [-0.39, 0.29) is 35.7 Å². The summed E-state index contributed by atoms with van der Waals surface area (Å²) >= 11 is 1.25. The molecule has 22 heteroatoms. The molecule has 5 heterocycles. The summed E-state index contributed by atoms with van der Waals surface area (Å²) in [6.45, 7) is 3.71. The third-order valence-electron chi connectivity index (χ3n) is 11.2. The van der Waals surface area contributed by atoms with Crippen LogP contribution in [-0.2, 0) is 46.9 Å².